The second-order valence-corrected chi connectivity index (χ2v) is 5.92. The summed E-state index contributed by atoms with van der Waals surface area (Å²) in [6, 6.07) is 9.05. The van der Waals surface area contributed by atoms with Crippen molar-refractivity contribution in [3.8, 4) is 6.07 Å². The molecule has 0 unspecified atom stereocenters. The Hall–Kier alpha value is -2.65. The van der Waals surface area contributed by atoms with Gasteiger partial charge in [-0.2, -0.15) is 5.26 Å². The normalized spacial score (nSPS) is 14.8. The smallest absolute Gasteiger partial charge is 0.253 e. The zero-order valence-corrected chi connectivity index (χ0v) is 13.8. The van der Waals surface area contributed by atoms with E-state index in [1.165, 1.54) is 6.20 Å². The number of halogens is 1. The zero-order chi connectivity index (χ0) is 16.9. The van der Waals surface area contributed by atoms with E-state index in [0.717, 1.165) is 13.0 Å². The van der Waals surface area contributed by atoms with E-state index in [1.807, 2.05) is 9.80 Å². The number of hydrogen-bond donors (Lipinski definition) is 0. The van der Waals surface area contributed by atoms with Crippen LogP contribution in [0.1, 0.15) is 22.5 Å². The second kappa shape index (κ2) is 7.28. The fourth-order valence-corrected chi connectivity index (χ4v) is 2.97. The van der Waals surface area contributed by atoms with Crippen molar-refractivity contribution < 1.29 is 4.79 Å². The molecule has 1 amide bonds. The van der Waals surface area contributed by atoms with Crippen LogP contribution in [-0.2, 0) is 0 Å². The summed E-state index contributed by atoms with van der Waals surface area (Å²) >= 11 is 5.97. The number of benzene rings is 1. The number of aromatic nitrogens is 2. The molecule has 2 heterocycles. The topological polar surface area (TPSA) is 73.1 Å². The van der Waals surface area contributed by atoms with Crippen LogP contribution in [0.4, 0.5) is 5.82 Å². The van der Waals surface area contributed by atoms with Gasteiger partial charge in [-0.3, -0.25) is 4.79 Å². The maximum Gasteiger partial charge on any atom is 0.253 e. The summed E-state index contributed by atoms with van der Waals surface area (Å²) in [5, 5.41) is 9.73. The highest BCUT2D eigenvalue weighted by Gasteiger charge is 2.22. The molecule has 0 bridgehead atoms. The van der Waals surface area contributed by atoms with Crippen molar-refractivity contribution >= 4 is 23.3 Å². The summed E-state index contributed by atoms with van der Waals surface area (Å²) < 4.78 is 0. The SMILES string of the molecule is N#Cc1nccnc1N1CCCN(C(=O)c2cccc(Cl)c2)CC1. The quantitative estimate of drug-likeness (QED) is 0.838. The summed E-state index contributed by atoms with van der Waals surface area (Å²) in [4.78, 5) is 24.8. The molecular formula is C17H16ClN5O. The third-order valence-electron chi connectivity index (χ3n) is 3.94. The first-order chi connectivity index (χ1) is 11.7. The van der Waals surface area contributed by atoms with Crippen LogP contribution in [0.15, 0.2) is 36.7 Å². The first-order valence-corrected chi connectivity index (χ1v) is 8.08. The Bertz CT molecular complexity index is 789. The summed E-state index contributed by atoms with van der Waals surface area (Å²) in [7, 11) is 0. The molecule has 0 spiro atoms. The number of amides is 1. The average molecular weight is 342 g/mol. The van der Waals surface area contributed by atoms with Gasteiger partial charge in [-0.15, -0.1) is 0 Å². The fraction of sp³-hybridized carbons (Fsp3) is 0.294. The minimum atomic E-state index is -0.0287. The van der Waals surface area contributed by atoms with Crippen molar-refractivity contribution in [3.05, 3.63) is 52.9 Å². The van der Waals surface area contributed by atoms with E-state index >= 15 is 0 Å². The van der Waals surface area contributed by atoms with Gasteiger partial charge in [-0.25, -0.2) is 9.97 Å². The molecule has 122 valence electrons. The predicted molar refractivity (Wildman–Crippen MR) is 90.9 cm³/mol. The Kier molecular flexibility index (Phi) is 4.92. The monoisotopic (exact) mass is 341 g/mol. The zero-order valence-electron chi connectivity index (χ0n) is 13.0. The van der Waals surface area contributed by atoms with Crippen LogP contribution < -0.4 is 4.90 Å². The average Bonchev–Trinajstić information content (AvgIpc) is 2.87. The molecule has 1 aliphatic rings. The Morgan fingerprint density at radius 2 is 2.00 bits per heavy atom. The molecule has 0 saturated carbocycles. The van der Waals surface area contributed by atoms with Crippen LogP contribution in [-0.4, -0.2) is 47.0 Å². The van der Waals surface area contributed by atoms with Crippen LogP contribution in [0.3, 0.4) is 0 Å². The summed E-state index contributed by atoms with van der Waals surface area (Å²) in [5.41, 5.74) is 0.903. The van der Waals surface area contributed by atoms with Crippen molar-refractivity contribution in [2.75, 3.05) is 31.1 Å². The van der Waals surface area contributed by atoms with E-state index in [2.05, 4.69) is 16.0 Å². The summed E-state index contributed by atoms with van der Waals surface area (Å²) in [6.45, 7) is 2.56. The lowest BCUT2D eigenvalue weighted by molar-refractivity contribution is 0.0767. The molecule has 1 aromatic carbocycles. The van der Waals surface area contributed by atoms with Crippen LogP contribution in [0.2, 0.25) is 5.02 Å². The van der Waals surface area contributed by atoms with E-state index < -0.39 is 0 Å². The van der Waals surface area contributed by atoms with Gasteiger partial charge in [0.1, 0.15) is 6.07 Å². The highest BCUT2D eigenvalue weighted by Crippen LogP contribution is 2.18. The second-order valence-electron chi connectivity index (χ2n) is 5.48. The number of carbonyl (C=O) groups excluding carboxylic acids is 1. The standard InChI is InChI=1S/C17H16ClN5O/c18-14-4-1-3-13(11-14)17(24)23-8-2-7-22(9-10-23)16-15(12-19)20-5-6-21-16/h1,3-6,11H,2,7-10H2. The number of nitrogens with zero attached hydrogens (tertiary/aromatic N) is 5. The largest absolute Gasteiger partial charge is 0.352 e. The summed E-state index contributed by atoms with van der Waals surface area (Å²) in [5.74, 6) is 0.552. The molecular weight excluding hydrogens is 326 g/mol. The molecule has 1 saturated heterocycles. The first kappa shape index (κ1) is 16.2. The van der Waals surface area contributed by atoms with Crippen molar-refractivity contribution in [2.45, 2.75) is 6.42 Å². The summed E-state index contributed by atoms with van der Waals surface area (Å²) in [6.07, 6.45) is 3.89. The highest BCUT2D eigenvalue weighted by molar-refractivity contribution is 6.30. The van der Waals surface area contributed by atoms with Crippen LogP contribution >= 0.6 is 11.6 Å². The molecule has 6 nitrogen and oxygen atoms in total. The van der Waals surface area contributed by atoms with Gasteiger partial charge in [0, 0.05) is 49.2 Å². The van der Waals surface area contributed by atoms with Crippen molar-refractivity contribution in [1.29, 1.82) is 5.26 Å². The lowest BCUT2D eigenvalue weighted by atomic mass is 10.2. The third kappa shape index (κ3) is 3.47. The Labute approximate surface area is 145 Å². The van der Waals surface area contributed by atoms with E-state index in [4.69, 9.17) is 11.6 Å². The maximum atomic E-state index is 12.6. The Morgan fingerprint density at radius 1 is 1.17 bits per heavy atom. The number of hydrogen-bond acceptors (Lipinski definition) is 5. The minimum absolute atomic E-state index is 0.0287. The van der Waals surface area contributed by atoms with E-state index in [0.29, 0.717) is 41.7 Å². The molecule has 0 atom stereocenters. The van der Waals surface area contributed by atoms with E-state index in [9.17, 15) is 10.1 Å². The Morgan fingerprint density at radius 3 is 2.79 bits per heavy atom. The van der Waals surface area contributed by atoms with Crippen molar-refractivity contribution in [2.24, 2.45) is 0 Å². The van der Waals surface area contributed by atoms with Crippen molar-refractivity contribution in [1.82, 2.24) is 14.9 Å². The molecule has 0 N–H and O–H groups in total. The molecule has 1 aromatic heterocycles. The van der Waals surface area contributed by atoms with Gasteiger partial charge < -0.3 is 9.80 Å². The Balaban J connectivity index is 1.74. The lowest BCUT2D eigenvalue weighted by Gasteiger charge is -2.23. The predicted octanol–water partition coefficient (Wildman–Crippen LogP) is 2.35. The maximum absolute atomic E-state index is 12.6. The van der Waals surface area contributed by atoms with Gasteiger partial charge in [0.15, 0.2) is 11.5 Å². The number of rotatable bonds is 2. The number of carbonyl (C=O) groups is 1. The van der Waals surface area contributed by atoms with Crippen molar-refractivity contribution in [3.63, 3.8) is 0 Å². The number of nitriles is 1. The molecule has 1 aliphatic heterocycles. The van der Waals surface area contributed by atoms with Gasteiger partial charge in [-0.1, -0.05) is 17.7 Å². The third-order valence-corrected chi connectivity index (χ3v) is 4.17. The first-order valence-electron chi connectivity index (χ1n) is 7.70. The molecule has 3 rings (SSSR count). The molecule has 0 aliphatic carbocycles. The molecule has 2 aromatic rings. The van der Waals surface area contributed by atoms with E-state index in [-0.39, 0.29) is 5.91 Å². The van der Waals surface area contributed by atoms with E-state index in [1.54, 1.807) is 30.5 Å². The molecule has 24 heavy (non-hydrogen) atoms. The van der Waals surface area contributed by atoms with Crippen LogP contribution in [0.5, 0.6) is 0 Å². The number of anilines is 1. The minimum Gasteiger partial charge on any atom is -0.352 e. The molecule has 1 fully saturated rings. The fourth-order valence-electron chi connectivity index (χ4n) is 2.78. The van der Waals surface area contributed by atoms with Gasteiger partial charge >= 0.3 is 0 Å². The van der Waals surface area contributed by atoms with Gasteiger partial charge in [0.2, 0.25) is 0 Å². The highest BCUT2D eigenvalue weighted by atomic mass is 35.5. The van der Waals surface area contributed by atoms with Gasteiger partial charge in [0.25, 0.3) is 5.91 Å². The molecule has 0 radical (unpaired) electrons. The van der Waals surface area contributed by atoms with Crippen LogP contribution in [0.25, 0.3) is 0 Å². The van der Waals surface area contributed by atoms with Gasteiger partial charge in [0.05, 0.1) is 0 Å². The van der Waals surface area contributed by atoms with Gasteiger partial charge in [-0.05, 0) is 24.6 Å². The molecule has 7 heteroatoms. The lowest BCUT2D eigenvalue weighted by Crippen LogP contribution is -2.35. The van der Waals surface area contributed by atoms with Crippen LogP contribution in [0, 0.1) is 11.3 Å².